The minimum Gasteiger partial charge on any atom is -0.399 e. The van der Waals surface area contributed by atoms with E-state index in [0.717, 1.165) is 44.5 Å². The summed E-state index contributed by atoms with van der Waals surface area (Å²) in [5.74, 6) is 1.30. The third kappa shape index (κ3) is 2.60. The molecule has 1 aliphatic carbocycles. The first kappa shape index (κ1) is 12.5. The first-order chi connectivity index (χ1) is 9.24. The summed E-state index contributed by atoms with van der Waals surface area (Å²) in [4.78, 5) is 14.3. The van der Waals surface area contributed by atoms with Crippen LogP contribution in [0.25, 0.3) is 0 Å². The molecule has 3 heteroatoms. The smallest absolute Gasteiger partial charge is 0.225 e. The van der Waals surface area contributed by atoms with Crippen LogP contribution in [-0.2, 0) is 4.79 Å². The summed E-state index contributed by atoms with van der Waals surface area (Å²) in [6, 6.07) is 8.19. The van der Waals surface area contributed by atoms with Crippen molar-refractivity contribution in [1.82, 2.24) is 4.90 Å². The maximum atomic E-state index is 12.2. The number of piperidine rings is 1. The summed E-state index contributed by atoms with van der Waals surface area (Å²) in [7, 11) is 0. The van der Waals surface area contributed by atoms with E-state index in [2.05, 4.69) is 17.0 Å². The SMILES string of the molecule is Nc1cccc(C2CCN(C(=O)C3CCC3)CC2)c1. The second-order valence-electron chi connectivity index (χ2n) is 5.90. The molecule has 0 unspecified atom stereocenters. The van der Waals surface area contributed by atoms with Crippen LogP contribution in [0.1, 0.15) is 43.6 Å². The lowest BCUT2D eigenvalue weighted by Gasteiger charge is -2.36. The van der Waals surface area contributed by atoms with Crippen LogP contribution < -0.4 is 5.73 Å². The van der Waals surface area contributed by atoms with Gasteiger partial charge in [0.25, 0.3) is 0 Å². The fourth-order valence-electron chi connectivity index (χ4n) is 3.16. The van der Waals surface area contributed by atoms with Gasteiger partial charge in [-0.3, -0.25) is 4.79 Å². The first-order valence-electron chi connectivity index (χ1n) is 7.38. The predicted molar refractivity (Wildman–Crippen MR) is 76.8 cm³/mol. The predicted octanol–water partition coefficient (Wildman–Crippen LogP) is 2.77. The molecule has 1 aliphatic heterocycles. The highest BCUT2D eigenvalue weighted by Gasteiger charge is 2.31. The summed E-state index contributed by atoms with van der Waals surface area (Å²) in [6.07, 6.45) is 5.59. The van der Waals surface area contributed by atoms with Crippen LogP contribution in [0.2, 0.25) is 0 Å². The molecular weight excluding hydrogens is 236 g/mol. The van der Waals surface area contributed by atoms with Crippen molar-refractivity contribution in [2.24, 2.45) is 5.92 Å². The Morgan fingerprint density at radius 2 is 1.89 bits per heavy atom. The van der Waals surface area contributed by atoms with Gasteiger partial charge in [0.1, 0.15) is 0 Å². The van der Waals surface area contributed by atoms with Crippen LogP contribution in [0.15, 0.2) is 24.3 Å². The van der Waals surface area contributed by atoms with Gasteiger partial charge in [0.2, 0.25) is 5.91 Å². The van der Waals surface area contributed by atoms with Crippen LogP contribution in [0, 0.1) is 5.92 Å². The van der Waals surface area contributed by atoms with Crippen molar-refractivity contribution in [1.29, 1.82) is 0 Å². The van der Waals surface area contributed by atoms with Crippen LogP contribution in [-0.4, -0.2) is 23.9 Å². The molecule has 1 saturated carbocycles. The summed E-state index contributed by atoms with van der Waals surface area (Å²) in [5.41, 5.74) is 8.01. The van der Waals surface area contributed by atoms with E-state index >= 15 is 0 Å². The molecule has 1 aromatic carbocycles. The molecule has 0 aromatic heterocycles. The number of nitrogen functional groups attached to an aromatic ring is 1. The number of hydrogen-bond acceptors (Lipinski definition) is 2. The number of carbonyl (C=O) groups is 1. The molecule has 2 fully saturated rings. The van der Waals surface area contributed by atoms with E-state index in [1.54, 1.807) is 0 Å². The maximum absolute atomic E-state index is 12.2. The van der Waals surface area contributed by atoms with Crippen molar-refractivity contribution in [3.05, 3.63) is 29.8 Å². The number of nitrogens with two attached hydrogens (primary N) is 1. The number of amides is 1. The topological polar surface area (TPSA) is 46.3 Å². The minimum absolute atomic E-state index is 0.337. The Hall–Kier alpha value is -1.51. The third-order valence-corrected chi connectivity index (χ3v) is 4.64. The molecule has 0 bridgehead atoms. The normalized spacial score (nSPS) is 21.2. The zero-order valence-corrected chi connectivity index (χ0v) is 11.3. The number of carbonyl (C=O) groups excluding carboxylic acids is 1. The van der Waals surface area contributed by atoms with Crippen LogP contribution in [0.3, 0.4) is 0 Å². The van der Waals surface area contributed by atoms with Gasteiger partial charge in [-0.2, -0.15) is 0 Å². The lowest BCUT2D eigenvalue weighted by Crippen LogP contribution is -2.43. The molecule has 1 aromatic rings. The fraction of sp³-hybridized carbons (Fsp3) is 0.562. The molecule has 3 nitrogen and oxygen atoms in total. The zero-order valence-electron chi connectivity index (χ0n) is 11.3. The quantitative estimate of drug-likeness (QED) is 0.829. The molecule has 0 spiro atoms. The van der Waals surface area contributed by atoms with Crippen molar-refractivity contribution in [2.45, 2.75) is 38.0 Å². The number of likely N-dealkylation sites (tertiary alicyclic amines) is 1. The summed E-state index contributed by atoms with van der Waals surface area (Å²) in [5, 5.41) is 0. The molecule has 0 atom stereocenters. The Labute approximate surface area is 114 Å². The highest BCUT2D eigenvalue weighted by atomic mass is 16.2. The van der Waals surface area contributed by atoms with Crippen molar-refractivity contribution in [3.8, 4) is 0 Å². The molecule has 1 heterocycles. The average Bonchev–Trinajstić information content (AvgIpc) is 2.37. The van der Waals surface area contributed by atoms with Gasteiger partial charge in [-0.25, -0.2) is 0 Å². The second kappa shape index (κ2) is 5.24. The Morgan fingerprint density at radius 1 is 1.16 bits per heavy atom. The molecule has 102 valence electrons. The molecular formula is C16H22N2O. The largest absolute Gasteiger partial charge is 0.399 e. The van der Waals surface area contributed by atoms with Crippen LogP contribution in [0.4, 0.5) is 5.69 Å². The van der Waals surface area contributed by atoms with E-state index in [0.29, 0.717) is 17.7 Å². The maximum Gasteiger partial charge on any atom is 0.225 e. The van der Waals surface area contributed by atoms with Gasteiger partial charge in [-0.05, 0) is 49.3 Å². The van der Waals surface area contributed by atoms with E-state index in [4.69, 9.17) is 5.73 Å². The molecule has 2 N–H and O–H groups in total. The Kier molecular flexibility index (Phi) is 3.45. The fourth-order valence-corrected chi connectivity index (χ4v) is 3.16. The molecule has 1 amide bonds. The molecule has 19 heavy (non-hydrogen) atoms. The Balaban J connectivity index is 1.58. The molecule has 3 rings (SSSR count). The molecule has 1 saturated heterocycles. The summed E-state index contributed by atoms with van der Waals surface area (Å²) in [6.45, 7) is 1.82. The highest BCUT2D eigenvalue weighted by molar-refractivity contribution is 5.79. The van der Waals surface area contributed by atoms with Crippen molar-refractivity contribution in [2.75, 3.05) is 18.8 Å². The monoisotopic (exact) mass is 258 g/mol. The third-order valence-electron chi connectivity index (χ3n) is 4.64. The lowest BCUT2D eigenvalue weighted by molar-refractivity contribution is -0.139. The van der Waals surface area contributed by atoms with Gasteiger partial charge in [-0.15, -0.1) is 0 Å². The second-order valence-corrected chi connectivity index (χ2v) is 5.90. The van der Waals surface area contributed by atoms with Crippen molar-refractivity contribution in [3.63, 3.8) is 0 Å². The van der Waals surface area contributed by atoms with Crippen LogP contribution in [0.5, 0.6) is 0 Å². The molecule has 0 radical (unpaired) electrons. The van der Waals surface area contributed by atoms with Crippen LogP contribution >= 0.6 is 0 Å². The average molecular weight is 258 g/mol. The number of nitrogens with zero attached hydrogens (tertiary/aromatic N) is 1. The minimum atomic E-state index is 0.337. The van der Waals surface area contributed by atoms with E-state index in [1.807, 2.05) is 12.1 Å². The van der Waals surface area contributed by atoms with Gasteiger partial charge in [-0.1, -0.05) is 18.6 Å². The van der Waals surface area contributed by atoms with Crippen molar-refractivity contribution < 1.29 is 4.79 Å². The zero-order chi connectivity index (χ0) is 13.2. The number of benzene rings is 1. The van der Waals surface area contributed by atoms with Gasteiger partial charge >= 0.3 is 0 Å². The standard InChI is InChI=1S/C16H22N2O/c17-15-6-2-5-14(11-15)12-7-9-18(10-8-12)16(19)13-3-1-4-13/h2,5-6,11-13H,1,3-4,7-10,17H2. The lowest BCUT2D eigenvalue weighted by atomic mass is 9.83. The van der Waals surface area contributed by atoms with E-state index < -0.39 is 0 Å². The van der Waals surface area contributed by atoms with Gasteiger partial charge < -0.3 is 10.6 Å². The number of hydrogen-bond donors (Lipinski definition) is 1. The Bertz CT molecular complexity index is 460. The summed E-state index contributed by atoms with van der Waals surface area (Å²) >= 11 is 0. The Morgan fingerprint density at radius 3 is 2.47 bits per heavy atom. The number of rotatable bonds is 2. The molecule has 2 aliphatic rings. The van der Waals surface area contributed by atoms with E-state index in [9.17, 15) is 4.79 Å². The van der Waals surface area contributed by atoms with E-state index in [-0.39, 0.29) is 0 Å². The van der Waals surface area contributed by atoms with Gasteiger partial charge in [0.05, 0.1) is 0 Å². The highest BCUT2D eigenvalue weighted by Crippen LogP contribution is 2.33. The van der Waals surface area contributed by atoms with Gasteiger partial charge in [0.15, 0.2) is 0 Å². The first-order valence-corrected chi connectivity index (χ1v) is 7.38. The van der Waals surface area contributed by atoms with Crippen molar-refractivity contribution >= 4 is 11.6 Å². The van der Waals surface area contributed by atoms with Gasteiger partial charge in [0, 0.05) is 24.7 Å². The van der Waals surface area contributed by atoms with E-state index in [1.165, 1.54) is 12.0 Å². The number of anilines is 1. The summed E-state index contributed by atoms with van der Waals surface area (Å²) < 4.78 is 0.